The Hall–Kier alpha value is -1.83. The van der Waals surface area contributed by atoms with E-state index in [1.165, 1.54) is 0 Å². The van der Waals surface area contributed by atoms with Crippen LogP contribution in [0.15, 0.2) is 0 Å². The number of amides is 1. The topological polar surface area (TPSA) is 117 Å². The highest BCUT2D eigenvalue weighted by Crippen LogP contribution is 2.15. The predicted octanol–water partition coefficient (Wildman–Crippen LogP) is 3.06. The molecule has 0 fully saturated rings. The fourth-order valence-electron chi connectivity index (χ4n) is 2.11. The Morgan fingerprint density at radius 1 is 0.750 bits per heavy atom. The highest BCUT2D eigenvalue weighted by Gasteiger charge is 2.29. The van der Waals surface area contributed by atoms with E-state index >= 15 is 0 Å². The summed E-state index contributed by atoms with van der Waals surface area (Å²) in [5.74, 6) is -1.06. The molecule has 2 atom stereocenters. The Morgan fingerprint density at radius 2 is 1.18 bits per heavy atom. The molecule has 0 aliphatic carbocycles. The van der Waals surface area contributed by atoms with Crippen LogP contribution >= 0.6 is 0 Å². The molecule has 0 bridgehead atoms. The van der Waals surface area contributed by atoms with Crippen molar-refractivity contribution < 1.29 is 28.6 Å². The molecule has 0 heterocycles. The smallest absolute Gasteiger partial charge is 0.408 e. The summed E-state index contributed by atoms with van der Waals surface area (Å²) in [5, 5.41) is 2.54. The molecule has 28 heavy (non-hydrogen) atoms. The van der Waals surface area contributed by atoms with Crippen molar-refractivity contribution in [3.05, 3.63) is 0 Å². The number of hydrogen-bond donors (Lipinski definition) is 2. The highest BCUT2D eigenvalue weighted by molar-refractivity contribution is 5.81. The normalized spacial score (nSPS) is 14.6. The van der Waals surface area contributed by atoms with Crippen LogP contribution in [0.4, 0.5) is 4.79 Å². The van der Waals surface area contributed by atoms with Crippen molar-refractivity contribution in [3.63, 3.8) is 0 Å². The molecule has 0 rings (SSSR count). The fraction of sp³-hybridized carbons (Fsp3) is 0.850. The van der Waals surface area contributed by atoms with Crippen LogP contribution in [0.3, 0.4) is 0 Å². The Kier molecular flexibility index (Phi) is 9.43. The second-order valence-electron chi connectivity index (χ2n) is 9.80. The number of rotatable bonds is 7. The number of carbonyl (C=O) groups is 3. The Balaban J connectivity index is 4.87. The van der Waals surface area contributed by atoms with Crippen LogP contribution in [0, 0.1) is 0 Å². The predicted molar refractivity (Wildman–Crippen MR) is 107 cm³/mol. The van der Waals surface area contributed by atoms with Gasteiger partial charge in [-0.25, -0.2) is 9.59 Å². The highest BCUT2D eigenvalue weighted by atomic mass is 16.6. The third kappa shape index (κ3) is 13.4. The minimum atomic E-state index is -0.903. The second-order valence-corrected chi connectivity index (χ2v) is 9.80. The van der Waals surface area contributed by atoms with Crippen LogP contribution in [0.1, 0.15) is 81.6 Å². The molecule has 8 nitrogen and oxygen atoms in total. The molecule has 0 aromatic rings. The lowest BCUT2D eigenvalue weighted by atomic mass is 10.1. The van der Waals surface area contributed by atoms with Gasteiger partial charge in [0.25, 0.3) is 0 Å². The minimum absolute atomic E-state index is 0.255. The minimum Gasteiger partial charge on any atom is -0.459 e. The maximum absolute atomic E-state index is 12.4. The van der Waals surface area contributed by atoms with Crippen LogP contribution in [0.25, 0.3) is 0 Å². The van der Waals surface area contributed by atoms with Gasteiger partial charge in [0.2, 0.25) is 0 Å². The third-order valence-corrected chi connectivity index (χ3v) is 3.10. The van der Waals surface area contributed by atoms with Crippen molar-refractivity contribution in [2.75, 3.05) is 0 Å². The molecule has 0 saturated heterocycles. The number of hydrogen-bond acceptors (Lipinski definition) is 7. The first-order valence-electron chi connectivity index (χ1n) is 9.60. The standard InChI is InChI=1S/C20H38N2O6/c1-18(2,3)26-15(23)13(21)11-10-12-14(16(24)27-19(4,5)6)22-17(25)28-20(7,8)9/h13-14H,10-12,21H2,1-9H3,(H,22,25)/t13-,14+/m0/s1. The van der Waals surface area contributed by atoms with Gasteiger partial charge in [-0.1, -0.05) is 0 Å². The lowest BCUT2D eigenvalue weighted by Gasteiger charge is -2.26. The van der Waals surface area contributed by atoms with Crippen molar-refractivity contribution in [3.8, 4) is 0 Å². The van der Waals surface area contributed by atoms with E-state index in [9.17, 15) is 14.4 Å². The van der Waals surface area contributed by atoms with E-state index in [1.807, 2.05) is 0 Å². The van der Waals surface area contributed by atoms with Gasteiger partial charge in [-0.05, 0) is 81.6 Å². The van der Waals surface area contributed by atoms with Crippen LogP contribution < -0.4 is 11.1 Å². The van der Waals surface area contributed by atoms with Crippen LogP contribution in [0.2, 0.25) is 0 Å². The summed E-state index contributed by atoms with van der Waals surface area (Å²) in [6.45, 7) is 15.7. The van der Waals surface area contributed by atoms with E-state index in [2.05, 4.69) is 5.32 Å². The Bertz CT molecular complexity index is 540. The first-order chi connectivity index (χ1) is 12.4. The SMILES string of the molecule is CC(C)(C)OC(=O)N[C@H](CCC[C@H](N)C(=O)OC(C)(C)C)C(=O)OC(C)(C)C. The maximum Gasteiger partial charge on any atom is 0.408 e. The van der Waals surface area contributed by atoms with Gasteiger partial charge in [0.1, 0.15) is 28.9 Å². The lowest BCUT2D eigenvalue weighted by Crippen LogP contribution is -2.46. The molecule has 164 valence electrons. The van der Waals surface area contributed by atoms with Crippen LogP contribution in [0.5, 0.6) is 0 Å². The number of nitrogens with two attached hydrogens (primary N) is 1. The van der Waals surface area contributed by atoms with E-state index < -0.39 is 46.9 Å². The van der Waals surface area contributed by atoms with Crippen LogP contribution in [-0.4, -0.2) is 46.9 Å². The molecule has 0 aromatic carbocycles. The molecule has 0 spiro atoms. The number of esters is 2. The maximum atomic E-state index is 12.4. The van der Waals surface area contributed by atoms with Gasteiger partial charge >= 0.3 is 18.0 Å². The third-order valence-electron chi connectivity index (χ3n) is 3.10. The van der Waals surface area contributed by atoms with Gasteiger partial charge in [0.05, 0.1) is 0 Å². The number of alkyl carbamates (subject to hydrolysis) is 1. The van der Waals surface area contributed by atoms with E-state index in [-0.39, 0.29) is 6.42 Å². The molecule has 0 aliphatic rings. The average Bonchev–Trinajstić information content (AvgIpc) is 2.40. The van der Waals surface area contributed by atoms with Crippen molar-refractivity contribution in [1.82, 2.24) is 5.32 Å². The molecule has 1 amide bonds. The zero-order chi connectivity index (χ0) is 22.3. The first-order valence-corrected chi connectivity index (χ1v) is 9.60. The fourth-order valence-corrected chi connectivity index (χ4v) is 2.11. The molecule has 0 aliphatic heterocycles. The summed E-state index contributed by atoms with van der Waals surface area (Å²) in [5.41, 5.74) is 3.86. The number of ether oxygens (including phenoxy) is 3. The Morgan fingerprint density at radius 3 is 1.61 bits per heavy atom. The van der Waals surface area contributed by atoms with Gasteiger partial charge in [-0.2, -0.15) is 0 Å². The van der Waals surface area contributed by atoms with Gasteiger partial charge in [-0.15, -0.1) is 0 Å². The molecular weight excluding hydrogens is 364 g/mol. The zero-order valence-corrected chi connectivity index (χ0v) is 18.8. The molecule has 0 saturated carbocycles. The van der Waals surface area contributed by atoms with Gasteiger partial charge in [0, 0.05) is 0 Å². The van der Waals surface area contributed by atoms with Crippen molar-refractivity contribution in [1.29, 1.82) is 0 Å². The monoisotopic (exact) mass is 402 g/mol. The molecular formula is C20H38N2O6. The molecule has 3 N–H and O–H groups in total. The summed E-state index contributed by atoms with van der Waals surface area (Å²) in [6, 6.07) is -1.71. The molecule has 8 heteroatoms. The quantitative estimate of drug-likeness (QED) is 0.496. The van der Waals surface area contributed by atoms with Gasteiger partial charge in [-0.3, -0.25) is 4.79 Å². The zero-order valence-electron chi connectivity index (χ0n) is 18.8. The summed E-state index contributed by atoms with van der Waals surface area (Å²) in [7, 11) is 0. The second kappa shape index (κ2) is 10.1. The van der Waals surface area contributed by atoms with E-state index in [0.29, 0.717) is 12.8 Å². The molecule has 0 radical (unpaired) electrons. The van der Waals surface area contributed by atoms with Crippen LogP contribution in [-0.2, 0) is 23.8 Å². The van der Waals surface area contributed by atoms with Gasteiger partial charge in [0.15, 0.2) is 0 Å². The summed E-state index contributed by atoms with van der Waals surface area (Å²) < 4.78 is 15.8. The van der Waals surface area contributed by atoms with E-state index in [0.717, 1.165) is 0 Å². The van der Waals surface area contributed by atoms with Gasteiger partial charge < -0.3 is 25.3 Å². The summed E-state index contributed by atoms with van der Waals surface area (Å²) >= 11 is 0. The summed E-state index contributed by atoms with van der Waals surface area (Å²) in [6.07, 6.45) is 0.273. The largest absolute Gasteiger partial charge is 0.459 e. The number of nitrogens with one attached hydrogen (secondary N) is 1. The Labute approximate surface area is 168 Å². The average molecular weight is 403 g/mol. The molecule has 0 unspecified atom stereocenters. The lowest BCUT2D eigenvalue weighted by molar-refractivity contribution is -0.157. The summed E-state index contributed by atoms with van der Waals surface area (Å²) in [4.78, 5) is 36.5. The first kappa shape index (κ1) is 26.2. The van der Waals surface area contributed by atoms with E-state index in [1.54, 1.807) is 62.3 Å². The van der Waals surface area contributed by atoms with Crippen molar-refractivity contribution in [2.24, 2.45) is 5.73 Å². The van der Waals surface area contributed by atoms with Crippen molar-refractivity contribution >= 4 is 18.0 Å². The number of carbonyl (C=O) groups excluding carboxylic acids is 3. The van der Waals surface area contributed by atoms with Crippen molar-refractivity contribution in [2.45, 2.75) is 110 Å². The van der Waals surface area contributed by atoms with E-state index in [4.69, 9.17) is 19.9 Å². The molecule has 0 aromatic heterocycles.